The molecule has 0 aliphatic carbocycles. The highest BCUT2D eigenvalue weighted by Gasteiger charge is 2.17. The summed E-state index contributed by atoms with van der Waals surface area (Å²) in [6, 6.07) is 3.50. The van der Waals surface area contributed by atoms with Crippen molar-refractivity contribution < 1.29 is 23.0 Å². The average Bonchev–Trinajstić information content (AvgIpc) is 2.44. The molecule has 4 nitrogen and oxygen atoms in total. The number of rotatable bonds is 8. The number of alkyl halides is 2. The van der Waals surface area contributed by atoms with Gasteiger partial charge in [-0.25, -0.2) is 8.78 Å². The van der Waals surface area contributed by atoms with Gasteiger partial charge in [-0.15, -0.1) is 0 Å². The molecule has 114 valence electrons. The second-order valence-electron chi connectivity index (χ2n) is 4.40. The third-order valence-corrected chi connectivity index (χ3v) is 2.90. The zero-order chi connectivity index (χ0) is 15.1. The Balaban J connectivity index is 3.04. The van der Waals surface area contributed by atoms with E-state index in [-0.39, 0.29) is 11.8 Å². The van der Waals surface area contributed by atoms with Gasteiger partial charge in [-0.3, -0.25) is 0 Å². The molecule has 0 bridgehead atoms. The summed E-state index contributed by atoms with van der Waals surface area (Å²) in [5.41, 5.74) is 6.83. The minimum absolute atomic E-state index is 0.0252. The smallest absolute Gasteiger partial charge is 0.272 e. The summed E-state index contributed by atoms with van der Waals surface area (Å²) >= 11 is 0. The first-order chi connectivity index (χ1) is 9.51. The van der Waals surface area contributed by atoms with Crippen LogP contribution in [0.5, 0.6) is 17.2 Å². The third kappa shape index (κ3) is 4.52. The predicted molar refractivity (Wildman–Crippen MR) is 73.0 cm³/mol. The molecule has 0 aliphatic rings. The zero-order valence-corrected chi connectivity index (χ0v) is 12.0. The minimum atomic E-state index is -2.56. The summed E-state index contributed by atoms with van der Waals surface area (Å²) in [6.45, 7) is 1.29. The van der Waals surface area contributed by atoms with E-state index in [1.807, 2.05) is 6.92 Å². The molecule has 1 rings (SSSR count). The van der Waals surface area contributed by atoms with Crippen LogP contribution in [0.4, 0.5) is 8.78 Å². The SMILES string of the molecule is CCC(N)Cc1cc(OC)c(OCC(F)F)c(OC)c1. The zero-order valence-electron chi connectivity index (χ0n) is 12.0. The van der Waals surface area contributed by atoms with Crippen molar-refractivity contribution in [3.8, 4) is 17.2 Å². The van der Waals surface area contributed by atoms with Crippen molar-refractivity contribution in [1.82, 2.24) is 0 Å². The van der Waals surface area contributed by atoms with Crippen LogP contribution in [0.2, 0.25) is 0 Å². The molecular weight excluding hydrogens is 268 g/mol. The van der Waals surface area contributed by atoms with Gasteiger partial charge in [-0.2, -0.15) is 0 Å². The molecular formula is C14H21F2NO3. The summed E-state index contributed by atoms with van der Waals surface area (Å²) in [4.78, 5) is 0. The maximum absolute atomic E-state index is 12.3. The Morgan fingerprint density at radius 1 is 1.15 bits per heavy atom. The number of halogens is 2. The van der Waals surface area contributed by atoms with Crippen molar-refractivity contribution >= 4 is 0 Å². The molecule has 0 saturated carbocycles. The quantitative estimate of drug-likeness (QED) is 0.799. The molecule has 0 fully saturated rings. The van der Waals surface area contributed by atoms with Gasteiger partial charge in [-0.05, 0) is 30.5 Å². The largest absolute Gasteiger partial charge is 0.493 e. The van der Waals surface area contributed by atoms with Gasteiger partial charge in [0.1, 0.15) is 6.61 Å². The topological polar surface area (TPSA) is 53.7 Å². The first-order valence-electron chi connectivity index (χ1n) is 6.43. The van der Waals surface area contributed by atoms with E-state index in [1.54, 1.807) is 12.1 Å². The van der Waals surface area contributed by atoms with Gasteiger partial charge >= 0.3 is 0 Å². The number of hydrogen-bond donors (Lipinski definition) is 1. The second kappa shape index (κ2) is 7.89. The van der Waals surface area contributed by atoms with Crippen molar-refractivity contribution in [3.63, 3.8) is 0 Å². The highest BCUT2D eigenvalue weighted by Crippen LogP contribution is 2.39. The van der Waals surface area contributed by atoms with E-state index in [9.17, 15) is 8.78 Å². The monoisotopic (exact) mass is 289 g/mol. The van der Waals surface area contributed by atoms with Crippen molar-refractivity contribution in [3.05, 3.63) is 17.7 Å². The molecule has 0 aromatic heterocycles. The maximum atomic E-state index is 12.3. The fourth-order valence-corrected chi connectivity index (χ4v) is 1.79. The van der Waals surface area contributed by atoms with Crippen LogP contribution in [0.3, 0.4) is 0 Å². The molecule has 0 heterocycles. The van der Waals surface area contributed by atoms with E-state index < -0.39 is 13.0 Å². The van der Waals surface area contributed by atoms with E-state index in [4.69, 9.17) is 19.9 Å². The summed E-state index contributed by atoms with van der Waals surface area (Å²) in [6.07, 6.45) is -1.07. The molecule has 1 aromatic rings. The number of hydrogen-bond acceptors (Lipinski definition) is 4. The van der Waals surface area contributed by atoms with Gasteiger partial charge in [0.2, 0.25) is 5.75 Å². The maximum Gasteiger partial charge on any atom is 0.272 e. The van der Waals surface area contributed by atoms with E-state index >= 15 is 0 Å². The number of nitrogens with two attached hydrogens (primary N) is 1. The van der Waals surface area contributed by atoms with Gasteiger partial charge < -0.3 is 19.9 Å². The Kier molecular flexibility index (Phi) is 6.51. The molecule has 0 aliphatic heterocycles. The van der Waals surface area contributed by atoms with E-state index in [2.05, 4.69) is 0 Å². The van der Waals surface area contributed by atoms with Crippen molar-refractivity contribution in [1.29, 1.82) is 0 Å². The average molecular weight is 289 g/mol. The highest BCUT2D eigenvalue weighted by molar-refractivity contribution is 5.54. The lowest BCUT2D eigenvalue weighted by Gasteiger charge is -2.17. The van der Waals surface area contributed by atoms with E-state index in [0.29, 0.717) is 17.9 Å². The molecule has 2 N–H and O–H groups in total. The third-order valence-electron chi connectivity index (χ3n) is 2.90. The summed E-state index contributed by atoms with van der Waals surface area (Å²) < 4.78 is 40.0. The molecule has 0 saturated heterocycles. The molecule has 20 heavy (non-hydrogen) atoms. The van der Waals surface area contributed by atoms with Crippen LogP contribution in [0.15, 0.2) is 12.1 Å². The molecule has 0 amide bonds. The van der Waals surface area contributed by atoms with Crippen LogP contribution in [0, 0.1) is 0 Å². The second-order valence-corrected chi connectivity index (χ2v) is 4.40. The first kappa shape index (κ1) is 16.5. The lowest BCUT2D eigenvalue weighted by molar-refractivity contribution is 0.0789. The Hall–Kier alpha value is -1.56. The first-order valence-corrected chi connectivity index (χ1v) is 6.43. The number of ether oxygens (including phenoxy) is 3. The lowest BCUT2D eigenvalue weighted by Crippen LogP contribution is -2.21. The normalized spacial score (nSPS) is 12.3. The fourth-order valence-electron chi connectivity index (χ4n) is 1.79. The van der Waals surface area contributed by atoms with Crippen LogP contribution < -0.4 is 19.9 Å². The van der Waals surface area contributed by atoms with Crippen molar-refractivity contribution in [2.75, 3.05) is 20.8 Å². The molecule has 1 unspecified atom stereocenters. The van der Waals surface area contributed by atoms with Crippen LogP contribution in [-0.2, 0) is 6.42 Å². The van der Waals surface area contributed by atoms with Crippen LogP contribution >= 0.6 is 0 Å². The number of benzene rings is 1. The number of methoxy groups -OCH3 is 2. The Morgan fingerprint density at radius 3 is 2.10 bits per heavy atom. The molecule has 1 atom stereocenters. The fraction of sp³-hybridized carbons (Fsp3) is 0.571. The predicted octanol–water partition coefficient (Wildman–Crippen LogP) is 2.63. The minimum Gasteiger partial charge on any atom is -0.493 e. The van der Waals surface area contributed by atoms with Gasteiger partial charge in [0.25, 0.3) is 6.43 Å². The van der Waals surface area contributed by atoms with E-state index in [0.717, 1.165) is 12.0 Å². The van der Waals surface area contributed by atoms with Crippen molar-refractivity contribution in [2.24, 2.45) is 5.73 Å². The Labute approximate surface area is 117 Å². The van der Waals surface area contributed by atoms with Crippen LogP contribution in [0.25, 0.3) is 0 Å². The van der Waals surface area contributed by atoms with Gasteiger partial charge in [0.05, 0.1) is 14.2 Å². The molecule has 6 heteroatoms. The molecule has 0 spiro atoms. The van der Waals surface area contributed by atoms with E-state index in [1.165, 1.54) is 14.2 Å². The highest BCUT2D eigenvalue weighted by atomic mass is 19.3. The Bertz CT molecular complexity index is 402. The summed E-state index contributed by atoms with van der Waals surface area (Å²) in [5, 5.41) is 0. The van der Waals surface area contributed by atoms with Gasteiger partial charge in [0.15, 0.2) is 11.5 Å². The van der Waals surface area contributed by atoms with Gasteiger partial charge in [0, 0.05) is 6.04 Å². The molecule has 1 aromatic carbocycles. The Morgan fingerprint density at radius 2 is 1.70 bits per heavy atom. The summed E-state index contributed by atoms with van der Waals surface area (Å²) in [7, 11) is 2.90. The van der Waals surface area contributed by atoms with Crippen LogP contribution in [0.1, 0.15) is 18.9 Å². The standard InChI is InChI=1S/C14H21F2NO3/c1-4-10(17)5-9-6-11(18-2)14(12(7-9)19-3)20-8-13(15)16/h6-7,10,13H,4-5,8,17H2,1-3H3. The van der Waals surface area contributed by atoms with Crippen molar-refractivity contribution in [2.45, 2.75) is 32.2 Å². The van der Waals surface area contributed by atoms with Gasteiger partial charge in [-0.1, -0.05) is 6.92 Å². The lowest BCUT2D eigenvalue weighted by atomic mass is 10.0. The molecule has 0 radical (unpaired) electrons. The van der Waals surface area contributed by atoms with Crippen LogP contribution in [-0.4, -0.2) is 33.3 Å². The summed E-state index contributed by atoms with van der Waals surface area (Å²) in [5.74, 6) is 0.913.